The Kier molecular flexibility index (Phi) is 9.41. The Morgan fingerprint density at radius 2 is 1.31 bits per heavy atom. The summed E-state index contributed by atoms with van der Waals surface area (Å²) in [6.45, 7) is 0. The predicted molar refractivity (Wildman–Crippen MR) is 164 cm³/mol. The molecule has 1 aliphatic rings. The van der Waals surface area contributed by atoms with Crippen LogP contribution in [-0.4, -0.2) is 34.9 Å². The molecule has 0 heterocycles. The lowest BCUT2D eigenvalue weighted by atomic mass is 9.80. The van der Waals surface area contributed by atoms with E-state index in [-0.39, 0.29) is 17.6 Å². The number of nitrogens with zero attached hydrogens (tertiary/aromatic N) is 2. The Bertz CT molecular complexity index is 1340. The van der Waals surface area contributed by atoms with E-state index in [2.05, 4.69) is 10.4 Å². The molecule has 1 saturated carbocycles. The summed E-state index contributed by atoms with van der Waals surface area (Å²) in [5, 5.41) is 11.2. The van der Waals surface area contributed by atoms with Gasteiger partial charge in [0, 0.05) is 18.2 Å². The second kappa shape index (κ2) is 13.6. The molecule has 0 radical (unpaired) electrons. The number of benzene rings is 4. The third kappa shape index (κ3) is 6.43. The van der Waals surface area contributed by atoms with Gasteiger partial charge in [-0.25, -0.2) is 5.48 Å². The molecule has 4 aromatic rings. The topological polar surface area (TPSA) is 84.7 Å². The highest BCUT2D eigenvalue weighted by Crippen LogP contribution is 2.39. The first-order chi connectivity index (χ1) is 20.5. The molecule has 1 N–H and O–H groups in total. The van der Waals surface area contributed by atoms with Crippen LogP contribution < -0.4 is 5.48 Å². The van der Waals surface area contributed by atoms with Gasteiger partial charge in [0.2, 0.25) is 0 Å². The molecule has 5 rings (SSSR count). The zero-order valence-electron chi connectivity index (χ0n) is 23.9. The van der Waals surface area contributed by atoms with Gasteiger partial charge in [0.15, 0.2) is 5.60 Å². The van der Waals surface area contributed by atoms with E-state index < -0.39 is 16.6 Å². The van der Waals surface area contributed by atoms with Crippen molar-refractivity contribution < 1.29 is 14.6 Å². The van der Waals surface area contributed by atoms with E-state index in [1.807, 2.05) is 98.0 Å². The first-order valence-electron chi connectivity index (χ1n) is 14.6. The predicted octanol–water partition coefficient (Wildman–Crippen LogP) is 6.81. The Hall–Kier alpha value is -4.33. The average Bonchev–Trinajstić information content (AvgIpc) is 3.05. The molecule has 1 amide bonds. The molecular weight excluding hydrogens is 526 g/mol. The number of rotatable bonds is 11. The lowest BCUT2D eigenvalue weighted by Gasteiger charge is -2.38. The molecule has 216 valence electrons. The van der Waals surface area contributed by atoms with E-state index in [4.69, 9.17) is 4.84 Å². The van der Waals surface area contributed by atoms with Crippen molar-refractivity contribution in [3.8, 4) is 0 Å². The van der Waals surface area contributed by atoms with Gasteiger partial charge in [-0.3, -0.25) is 24.6 Å². The van der Waals surface area contributed by atoms with Crippen LogP contribution in [0, 0.1) is 10.1 Å². The number of amides is 1. The third-order valence-corrected chi connectivity index (χ3v) is 8.37. The molecule has 4 aromatic carbocycles. The molecule has 1 fully saturated rings. The fraction of sp³-hybridized carbons (Fsp3) is 0.286. The van der Waals surface area contributed by atoms with Crippen molar-refractivity contribution in [2.75, 3.05) is 7.05 Å². The fourth-order valence-electron chi connectivity index (χ4n) is 6.03. The molecule has 0 unspecified atom stereocenters. The highest BCUT2D eigenvalue weighted by molar-refractivity contribution is 5.81. The summed E-state index contributed by atoms with van der Waals surface area (Å²) in [4.78, 5) is 33.8. The maximum atomic E-state index is 14.2. The van der Waals surface area contributed by atoms with Gasteiger partial charge in [0.05, 0.1) is 11.0 Å². The van der Waals surface area contributed by atoms with Crippen LogP contribution in [0.5, 0.6) is 0 Å². The number of nitrogens with one attached hydrogen (secondary N) is 1. The number of likely N-dealkylation sites (N-methyl/N-ethyl adjacent to an activating group) is 1. The minimum atomic E-state index is -1.10. The van der Waals surface area contributed by atoms with Gasteiger partial charge in [0.25, 0.3) is 11.6 Å². The summed E-state index contributed by atoms with van der Waals surface area (Å²) < 4.78 is 0. The van der Waals surface area contributed by atoms with E-state index in [9.17, 15) is 14.9 Å². The molecule has 7 nitrogen and oxygen atoms in total. The molecule has 7 heteroatoms. The number of nitro benzene ring substituents is 1. The number of non-ortho nitro benzene ring substituents is 1. The third-order valence-electron chi connectivity index (χ3n) is 8.37. The van der Waals surface area contributed by atoms with Crippen LogP contribution in [0.3, 0.4) is 0 Å². The lowest BCUT2D eigenvalue weighted by molar-refractivity contribution is -0.384. The molecule has 1 aliphatic carbocycles. The zero-order chi connectivity index (χ0) is 29.4. The van der Waals surface area contributed by atoms with Crippen molar-refractivity contribution in [1.82, 2.24) is 10.4 Å². The summed E-state index contributed by atoms with van der Waals surface area (Å²) in [5.41, 5.74) is 5.34. The van der Waals surface area contributed by atoms with Crippen molar-refractivity contribution in [1.29, 1.82) is 0 Å². The summed E-state index contributed by atoms with van der Waals surface area (Å²) >= 11 is 0. The van der Waals surface area contributed by atoms with E-state index >= 15 is 0 Å². The Morgan fingerprint density at radius 1 is 0.833 bits per heavy atom. The van der Waals surface area contributed by atoms with E-state index in [0.717, 1.165) is 47.9 Å². The van der Waals surface area contributed by atoms with Gasteiger partial charge in [-0.15, -0.1) is 0 Å². The van der Waals surface area contributed by atoms with Crippen molar-refractivity contribution in [2.24, 2.45) is 0 Å². The van der Waals surface area contributed by atoms with Gasteiger partial charge in [-0.05, 0) is 48.6 Å². The molecular formula is C35H37N3O4. The van der Waals surface area contributed by atoms with E-state index in [1.54, 1.807) is 12.1 Å². The first-order valence-corrected chi connectivity index (χ1v) is 14.6. The summed E-state index contributed by atoms with van der Waals surface area (Å²) in [6.07, 6.45) is 5.94. The minimum Gasteiger partial charge on any atom is -0.292 e. The normalized spacial score (nSPS) is 14.8. The number of carbonyl (C=O) groups is 1. The first kappa shape index (κ1) is 29.2. The van der Waals surface area contributed by atoms with Gasteiger partial charge in [0.1, 0.15) is 0 Å². The standard InChI is InChI=1S/C35H37N3O4/c1-37(31-20-12-5-13-21-31)33(26-27-22-24-32(25-23-27)38(40)41)34(39)36-42-35(28-14-6-2-7-15-28,29-16-8-3-9-17-29)30-18-10-4-11-19-30/h2-4,6-11,14-19,22-25,31,33H,5,12-13,20-21,26H2,1H3,(H,36,39)/t33-/m0/s1. The van der Waals surface area contributed by atoms with Crippen LogP contribution in [0.25, 0.3) is 0 Å². The average molecular weight is 564 g/mol. The van der Waals surface area contributed by atoms with Crippen LogP contribution in [0.15, 0.2) is 115 Å². The Morgan fingerprint density at radius 3 is 1.76 bits per heavy atom. The van der Waals surface area contributed by atoms with Gasteiger partial charge >= 0.3 is 0 Å². The summed E-state index contributed by atoms with van der Waals surface area (Å²) in [5.74, 6) is -0.256. The fourth-order valence-corrected chi connectivity index (χ4v) is 6.03. The molecule has 42 heavy (non-hydrogen) atoms. The smallest absolute Gasteiger partial charge is 0.269 e. The molecule has 0 bridgehead atoms. The zero-order valence-corrected chi connectivity index (χ0v) is 23.9. The highest BCUT2D eigenvalue weighted by atomic mass is 16.7. The van der Waals surface area contributed by atoms with Crippen molar-refractivity contribution in [2.45, 2.75) is 56.2 Å². The highest BCUT2D eigenvalue weighted by Gasteiger charge is 2.40. The number of carbonyl (C=O) groups excluding carboxylic acids is 1. The van der Waals surface area contributed by atoms with Crippen LogP contribution in [-0.2, 0) is 21.7 Å². The molecule has 0 spiro atoms. The van der Waals surface area contributed by atoms with Gasteiger partial charge < -0.3 is 0 Å². The maximum absolute atomic E-state index is 14.2. The molecule has 0 saturated heterocycles. The summed E-state index contributed by atoms with van der Waals surface area (Å²) in [7, 11) is 2.00. The number of hydrogen-bond donors (Lipinski definition) is 1. The van der Waals surface area contributed by atoms with Gasteiger partial charge in [-0.1, -0.05) is 122 Å². The summed E-state index contributed by atoms with van der Waals surface area (Å²) in [6, 6.07) is 35.9. The monoisotopic (exact) mass is 563 g/mol. The van der Waals surface area contributed by atoms with Crippen LogP contribution >= 0.6 is 0 Å². The van der Waals surface area contributed by atoms with Crippen LogP contribution in [0.1, 0.15) is 54.4 Å². The number of hydrogen-bond acceptors (Lipinski definition) is 5. The molecule has 1 atom stereocenters. The van der Waals surface area contributed by atoms with Crippen molar-refractivity contribution >= 4 is 11.6 Å². The van der Waals surface area contributed by atoms with Crippen molar-refractivity contribution in [3.05, 3.63) is 148 Å². The van der Waals surface area contributed by atoms with Crippen LogP contribution in [0.2, 0.25) is 0 Å². The quantitative estimate of drug-likeness (QED) is 0.123. The van der Waals surface area contributed by atoms with Crippen LogP contribution in [0.4, 0.5) is 5.69 Å². The minimum absolute atomic E-state index is 0.0297. The second-order valence-corrected chi connectivity index (χ2v) is 10.9. The molecule has 0 aromatic heterocycles. The second-order valence-electron chi connectivity index (χ2n) is 10.9. The number of nitro groups is 1. The Balaban J connectivity index is 1.49. The van der Waals surface area contributed by atoms with Gasteiger partial charge in [-0.2, -0.15) is 0 Å². The van der Waals surface area contributed by atoms with E-state index in [0.29, 0.717) is 6.42 Å². The maximum Gasteiger partial charge on any atom is 0.269 e. The lowest BCUT2D eigenvalue weighted by Crippen LogP contribution is -2.52. The largest absolute Gasteiger partial charge is 0.292 e. The number of hydroxylamine groups is 1. The Labute approximate surface area is 247 Å². The SMILES string of the molecule is CN(C1CCCCC1)[C@@H](Cc1ccc([N+](=O)[O-])cc1)C(=O)NOC(c1ccccc1)(c1ccccc1)c1ccccc1. The van der Waals surface area contributed by atoms with Crippen molar-refractivity contribution in [3.63, 3.8) is 0 Å². The molecule has 0 aliphatic heterocycles. The van der Waals surface area contributed by atoms with E-state index in [1.165, 1.54) is 18.6 Å².